The first-order valence-corrected chi connectivity index (χ1v) is 9.11. The molecule has 0 fully saturated rings. The third kappa shape index (κ3) is 5.40. The smallest absolute Gasteiger partial charge is 0.162 e. The van der Waals surface area contributed by atoms with Gasteiger partial charge in [0.25, 0.3) is 0 Å². The molecule has 2 rings (SSSR count). The number of hydrogen-bond donors (Lipinski definition) is 1. The van der Waals surface area contributed by atoms with Crippen molar-refractivity contribution in [2.45, 2.75) is 27.0 Å². The van der Waals surface area contributed by atoms with Crippen molar-refractivity contribution in [2.24, 2.45) is 5.92 Å². The highest BCUT2D eigenvalue weighted by molar-refractivity contribution is 9.10. The molecule has 130 valence electrons. The van der Waals surface area contributed by atoms with E-state index in [-0.39, 0.29) is 0 Å². The fraction of sp³-hybridized carbons (Fsp3) is 0.368. The van der Waals surface area contributed by atoms with Crippen molar-refractivity contribution in [3.8, 4) is 11.5 Å². The van der Waals surface area contributed by atoms with E-state index < -0.39 is 0 Å². The highest BCUT2D eigenvalue weighted by Gasteiger charge is 2.11. The van der Waals surface area contributed by atoms with E-state index in [9.17, 15) is 0 Å². The summed E-state index contributed by atoms with van der Waals surface area (Å²) in [5.74, 6) is 2.02. The first-order chi connectivity index (χ1) is 11.5. The molecule has 0 saturated carbocycles. The lowest BCUT2D eigenvalue weighted by Gasteiger charge is -2.15. The highest BCUT2D eigenvalue weighted by atomic mass is 79.9. The summed E-state index contributed by atoms with van der Waals surface area (Å²) >= 11 is 9.79. The standard InChI is InChI=1S/C19H23BrClNO2/c1-13(2)10-22-11-15-8-18(23-3)19(9-16(15)20)24-12-14-6-4-5-7-17(14)21/h4-9,13,22H,10-12H2,1-3H3. The topological polar surface area (TPSA) is 30.5 Å². The number of rotatable bonds is 8. The number of methoxy groups -OCH3 is 1. The van der Waals surface area contributed by atoms with Gasteiger partial charge in [-0.05, 0) is 36.2 Å². The largest absolute Gasteiger partial charge is 0.493 e. The molecule has 0 spiro atoms. The van der Waals surface area contributed by atoms with Gasteiger partial charge in [-0.2, -0.15) is 0 Å². The van der Waals surface area contributed by atoms with Crippen molar-refractivity contribution in [2.75, 3.05) is 13.7 Å². The molecule has 0 aliphatic rings. The van der Waals surface area contributed by atoms with Crippen LogP contribution in [-0.4, -0.2) is 13.7 Å². The van der Waals surface area contributed by atoms with Crippen molar-refractivity contribution < 1.29 is 9.47 Å². The van der Waals surface area contributed by atoms with Crippen LogP contribution in [0.5, 0.6) is 11.5 Å². The number of benzene rings is 2. The molecule has 3 nitrogen and oxygen atoms in total. The lowest BCUT2D eigenvalue weighted by molar-refractivity contribution is 0.284. The monoisotopic (exact) mass is 411 g/mol. The van der Waals surface area contributed by atoms with Crippen LogP contribution in [0.1, 0.15) is 25.0 Å². The SMILES string of the molecule is COc1cc(CNCC(C)C)c(Br)cc1OCc1ccccc1Cl. The summed E-state index contributed by atoms with van der Waals surface area (Å²) in [6.07, 6.45) is 0. The second kappa shape index (κ2) is 9.30. The molecule has 2 aromatic carbocycles. The molecule has 0 aliphatic heterocycles. The van der Waals surface area contributed by atoms with Gasteiger partial charge in [0.2, 0.25) is 0 Å². The van der Waals surface area contributed by atoms with Crippen LogP contribution in [0.4, 0.5) is 0 Å². The molecular weight excluding hydrogens is 390 g/mol. The molecular formula is C19H23BrClNO2. The van der Waals surface area contributed by atoms with Crippen molar-refractivity contribution in [1.82, 2.24) is 5.32 Å². The number of ether oxygens (including phenoxy) is 2. The molecule has 0 atom stereocenters. The van der Waals surface area contributed by atoms with Crippen LogP contribution in [0.2, 0.25) is 5.02 Å². The first-order valence-electron chi connectivity index (χ1n) is 7.94. The quantitative estimate of drug-likeness (QED) is 0.626. The van der Waals surface area contributed by atoms with Crippen LogP contribution in [0, 0.1) is 5.92 Å². The molecule has 0 heterocycles. The molecule has 24 heavy (non-hydrogen) atoms. The van der Waals surface area contributed by atoms with Gasteiger partial charge in [0, 0.05) is 21.6 Å². The van der Waals surface area contributed by atoms with Gasteiger partial charge in [0.05, 0.1) is 7.11 Å². The van der Waals surface area contributed by atoms with E-state index in [1.54, 1.807) is 7.11 Å². The molecule has 5 heteroatoms. The van der Waals surface area contributed by atoms with Crippen LogP contribution in [-0.2, 0) is 13.2 Å². The number of nitrogens with one attached hydrogen (secondary N) is 1. The Morgan fingerprint density at radius 1 is 1.12 bits per heavy atom. The summed E-state index contributed by atoms with van der Waals surface area (Å²) in [5.41, 5.74) is 2.08. The van der Waals surface area contributed by atoms with Crippen molar-refractivity contribution in [3.05, 3.63) is 57.0 Å². The Morgan fingerprint density at radius 2 is 1.88 bits per heavy atom. The van der Waals surface area contributed by atoms with E-state index in [0.29, 0.717) is 29.0 Å². The van der Waals surface area contributed by atoms with Crippen LogP contribution in [0.15, 0.2) is 40.9 Å². The lowest BCUT2D eigenvalue weighted by atomic mass is 10.1. The molecule has 0 aromatic heterocycles. The average Bonchev–Trinajstić information content (AvgIpc) is 2.55. The molecule has 0 saturated heterocycles. The predicted molar refractivity (Wildman–Crippen MR) is 103 cm³/mol. The van der Waals surface area contributed by atoms with Gasteiger partial charge in [-0.3, -0.25) is 0 Å². The van der Waals surface area contributed by atoms with E-state index in [2.05, 4.69) is 35.1 Å². The summed E-state index contributed by atoms with van der Waals surface area (Å²) in [4.78, 5) is 0. The van der Waals surface area contributed by atoms with E-state index in [1.807, 2.05) is 36.4 Å². The van der Waals surface area contributed by atoms with E-state index in [4.69, 9.17) is 21.1 Å². The minimum Gasteiger partial charge on any atom is -0.493 e. The normalized spacial score (nSPS) is 10.9. The average molecular weight is 413 g/mol. The van der Waals surface area contributed by atoms with Crippen LogP contribution in [0.25, 0.3) is 0 Å². The molecule has 1 N–H and O–H groups in total. The summed E-state index contributed by atoms with van der Waals surface area (Å²) < 4.78 is 12.4. The van der Waals surface area contributed by atoms with E-state index >= 15 is 0 Å². The Hall–Kier alpha value is -1.23. The first kappa shape index (κ1) is 19.1. The van der Waals surface area contributed by atoms with Gasteiger partial charge in [0.15, 0.2) is 11.5 Å². The zero-order valence-corrected chi connectivity index (χ0v) is 16.6. The molecule has 0 unspecified atom stereocenters. The number of halogens is 2. The maximum atomic E-state index is 6.17. The Labute approximate surface area is 157 Å². The van der Waals surface area contributed by atoms with Crippen LogP contribution < -0.4 is 14.8 Å². The highest BCUT2D eigenvalue weighted by Crippen LogP contribution is 2.34. The second-order valence-electron chi connectivity index (χ2n) is 6.00. The fourth-order valence-electron chi connectivity index (χ4n) is 2.25. The zero-order valence-electron chi connectivity index (χ0n) is 14.2. The van der Waals surface area contributed by atoms with Crippen molar-refractivity contribution >= 4 is 27.5 Å². The van der Waals surface area contributed by atoms with Gasteiger partial charge >= 0.3 is 0 Å². The Balaban J connectivity index is 2.10. The Morgan fingerprint density at radius 3 is 2.54 bits per heavy atom. The van der Waals surface area contributed by atoms with E-state index in [0.717, 1.165) is 28.7 Å². The number of hydrogen-bond acceptors (Lipinski definition) is 3. The van der Waals surface area contributed by atoms with Gasteiger partial charge in [0.1, 0.15) is 6.61 Å². The Kier molecular flexibility index (Phi) is 7.40. The van der Waals surface area contributed by atoms with Crippen molar-refractivity contribution in [3.63, 3.8) is 0 Å². The van der Waals surface area contributed by atoms with Crippen LogP contribution >= 0.6 is 27.5 Å². The van der Waals surface area contributed by atoms with Crippen LogP contribution in [0.3, 0.4) is 0 Å². The van der Waals surface area contributed by atoms with Gasteiger partial charge in [-0.1, -0.05) is 59.6 Å². The van der Waals surface area contributed by atoms with Gasteiger partial charge in [-0.25, -0.2) is 0 Å². The van der Waals surface area contributed by atoms with Gasteiger partial charge in [-0.15, -0.1) is 0 Å². The molecule has 2 aromatic rings. The maximum Gasteiger partial charge on any atom is 0.162 e. The predicted octanol–water partition coefficient (Wildman–Crippen LogP) is 5.44. The minimum absolute atomic E-state index is 0.396. The van der Waals surface area contributed by atoms with E-state index in [1.165, 1.54) is 0 Å². The zero-order chi connectivity index (χ0) is 17.5. The summed E-state index contributed by atoms with van der Waals surface area (Å²) in [5, 5.41) is 4.13. The summed E-state index contributed by atoms with van der Waals surface area (Å²) in [6.45, 7) is 6.52. The molecule has 0 amide bonds. The third-order valence-corrected chi connectivity index (χ3v) is 4.65. The fourth-order valence-corrected chi connectivity index (χ4v) is 2.90. The summed E-state index contributed by atoms with van der Waals surface area (Å²) in [6, 6.07) is 11.6. The molecule has 0 aliphatic carbocycles. The molecule has 0 radical (unpaired) electrons. The summed E-state index contributed by atoms with van der Waals surface area (Å²) in [7, 11) is 1.65. The second-order valence-corrected chi connectivity index (χ2v) is 7.26. The lowest BCUT2D eigenvalue weighted by Crippen LogP contribution is -2.19. The minimum atomic E-state index is 0.396. The Bertz CT molecular complexity index is 676. The maximum absolute atomic E-state index is 6.17. The third-order valence-electron chi connectivity index (χ3n) is 3.54. The van der Waals surface area contributed by atoms with Gasteiger partial charge < -0.3 is 14.8 Å². The molecule has 0 bridgehead atoms. The van der Waals surface area contributed by atoms with Crippen molar-refractivity contribution in [1.29, 1.82) is 0 Å².